The van der Waals surface area contributed by atoms with Crippen molar-refractivity contribution in [2.75, 3.05) is 44.2 Å². The predicted octanol–water partition coefficient (Wildman–Crippen LogP) is 1.55. The van der Waals surface area contributed by atoms with Gasteiger partial charge in [-0.25, -0.2) is 4.39 Å². The summed E-state index contributed by atoms with van der Waals surface area (Å²) in [6, 6.07) is 9.21. The van der Waals surface area contributed by atoms with Gasteiger partial charge in [0.1, 0.15) is 5.82 Å². The number of primary amides is 1. The summed E-state index contributed by atoms with van der Waals surface area (Å²) < 4.78 is 13.2. The molecule has 0 aliphatic carbocycles. The van der Waals surface area contributed by atoms with Gasteiger partial charge in [-0.1, -0.05) is 6.07 Å². The van der Waals surface area contributed by atoms with Crippen LogP contribution in [-0.4, -0.2) is 66.8 Å². The zero-order chi connectivity index (χ0) is 20.8. The minimum atomic E-state index is -0.509. The number of nitrogens with zero attached hydrogens (tertiary/aromatic N) is 3. The molecule has 9 heteroatoms. The number of nitrogens with two attached hydrogens (primary N) is 1. The van der Waals surface area contributed by atoms with E-state index in [4.69, 9.17) is 5.73 Å². The van der Waals surface area contributed by atoms with E-state index in [1.165, 1.54) is 40.5 Å². The first-order chi connectivity index (χ1) is 13.9. The fourth-order valence-electron chi connectivity index (χ4n) is 3.18. The molecule has 1 aliphatic heterocycles. The number of amides is 3. The third-order valence-corrected chi connectivity index (χ3v) is 5.63. The minimum absolute atomic E-state index is 0.0142. The fourth-order valence-corrected chi connectivity index (χ4v) is 3.87. The number of halogens is 1. The van der Waals surface area contributed by atoms with Crippen LogP contribution in [0.15, 0.2) is 41.8 Å². The molecule has 2 N–H and O–H groups in total. The molecule has 0 atom stereocenters. The molecule has 0 bridgehead atoms. The van der Waals surface area contributed by atoms with Crippen molar-refractivity contribution in [3.8, 4) is 0 Å². The Morgan fingerprint density at radius 2 is 1.76 bits per heavy atom. The molecule has 1 aromatic carbocycles. The molecule has 29 heavy (non-hydrogen) atoms. The summed E-state index contributed by atoms with van der Waals surface area (Å²) in [6.07, 6.45) is 0.0200. The maximum Gasteiger partial charge on any atom is 0.264 e. The lowest BCUT2D eigenvalue weighted by Gasteiger charge is -2.35. The van der Waals surface area contributed by atoms with Gasteiger partial charge in [-0.05, 0) is 35.7 Å². The molecule has 2 heterocycles. The van der Waals surface area contributed by atoms with Gasteiger partial charge in [0.15, 0.2) is 0 Å². The normalized spacial score (nSPS) is 14.6. The van der Waals surface area contributed by atoms with Crippen molar-refractivity contribution < 1.29 is 18.8 Å². The summed E-state index contributed by atoms with van der Waals surface area (Å²) in [5.74, 6) is -1.09. The minimum Gasteiger partial charge on any atom is -0.370 e. The maximum atomic E-state index is 13.2. The number of hydrogen-bond donors (Lipinski definition) is 1. The van der Waals surface area contributed by atoms with E-state index in [9.17, 15) is 18.8 Å². The van der Waals surface area contributed by atoms with E-state index in [0.717, 1.165) is 0 Å². The lowest BCUT2D eigenvalue weighted by Crippen LogP contribution is -2.51. The number of hydrogen-bond acceptors (Lipinski definition) is 5. The number of rotatable bonds is 7. The first-order valence-corrected chi connectivity index (χ1v) is 10.2. The van der Waals surface area contributed by atoms with E-state index < -0.39 is 11.7 Å². The standard InChI is InChI=1S/C20H23FN4O3S/c21-15-3-5-16(6-4-15)25(8-7-18(22)26)19(27)14-23-9-11-24(12-10-23)20(28)17-2-1-13-29-17/h1-6,13H,7-12,14H2,(H2,22,26). The van der Waals surface area contributed by atoms with Gasteiger partial charge in [-0.3, -0.25) is 19.3 Å². The predicted molar refractivity (Wildman–Crippen MR) is 109 cm³/mol. The average Bonchev–Trinajstić information content (AvgIpc) is 3.24. The van der Waals surface area contributed by atoms with Crippen molar-refractivity contribution in [3.05, 3.63) is 52.5 Å². The highest BCUT2D eigenvalue weighted by Crippen LogP contribution is 2.17. The summed E-state index contributed by atoms with van der Waals surface area (Å²) in [7, 11) is 0. The third kappa shape index (κ3) is 5.61. The second kappa shape index (κ2) is 9.62. The van der Waals surface area contributed by atoms with Gasteiger partial charge in [0.2, 0.25) is 11.8 Å². The molecule has 3 rings (SSSR count). The summed E-state index contributed by atoms with van der Waals surface area (Å²) in [4.78, 5) is 42.4. The van der Waals surface area contributed by atoms with E-state index in [1.807, 2.05) is 22.4 Å². The fraction of sp³-hybridized carbons (Fsp3) is 0.350. The number of carbonyl (C=O) groups excluding carboxylic acids is 3. The quantitative estimate of drug-likeness (QED) is 0.739. The maximum absolute atomic E-state index is 13.2. The molecule has 1 saturated heterocycles. The van der Waals surface area contributed by atoms with E-state index >= 15 is 0 Å². The Hall–Kier alpha value is -2.78. The molecule has 154 valence electrons. The second-order valence-corrected chi connectivity index (χ2v) is 7.73. The van der Waals surface area contributed by atoms with Crippen LogP contribution in [-0.2, 0) is 9.59 Å². The number of thiophene rings is 1. The van der Waals surface area contributed by atoms with E-state index in [2.05, 4.69) is 0 Å². The first kappa shape index (κ1) is 20.9. The highest BCUT2D eigenvalue weighted by Gasteiger charge is 2.25. The van der Waals surface area contributed by atoms with Crippen LogP contribution in [0.5, 0.6) is 0 Å². The van der Waals surface area contributed by atoms with E-state index in [0.29, 0.717) is 36.7 Å². The van der Waals surface area contributed by atoms with Gasteiger partial charge < -0.3 is 15.5 Å². The Bertz CT molecular complexity index is 849. The monoisotopic (exact) mass is 418 g/mol. The molecule has 7 nitrogen and oxygen atoms in total. The highest BCUT2D eigenvalue weighted by molar-refractivity contribution is 7.12. The van der Waals surface area contributed by atoms with Gasteiger partial charge in [-0.2, -0.15) is 0 Å². The number of benzene rings is 1. The van der Waals surface area contributed by atoms with Gasteiger partial charge in [0, 0.05) is 44.8 Å². The van der Waals surface area contributed by atoms with E-state index in [-0.39, 0.29) is 31.3 Å². The summed E-state index contributed by atoms with van der Waals surface area (Å²) in [6.45, 7) is 2.53. The zero-order valence-corrected chi connectivity index (χ0v) is 16.7. The molecule has 2 aromatic rings. The van der Waals surface area contributed by atoms with Crippen LogP contribution < -0.4 is 10.6 Å². The Labute approximate surface area is 172 Å². The molecule has 1 aromatic heterocycles. The number of piperazine rings is 1. The van der Waals surface area contributed by atoms with Crippen molar-refractivity contribution in [2.24, 2.45) is 5.73 Å². The zero-order valence-electron chi connectivity index (χ0n) is 15.9. The Kier molecular flexibility index (Phi) is 6.95. The molecule has 0 radical (unpaired) electrons. The first-order valence-electron chi connectivity index (χ1n) is 9.33. The lowest BCUT2D eigenvalue weighted by atomic mass is 10.2. The molecule has 0 saturated carbocycles. The smallest absolute Gasteiger partial charge is 0.264 e. The Morgan fingerprint density at radius 3 is 2.34 bits per heavy atom. The molecule has 0 spiro atoms. The van der Waals surface area contributed by atoms with Crippen molar-refractivity contribution in [1.82, 2.24) is 9.80 Å². The number of carbonyl (C=O) groups is 3. The highest BCUT2D eigenvalue weighted by atomic mass is 32.1. The summed E-state index contributed by atoms with van der Waals surface area (Å²) in [5.41, 5.74) is 5.74. The topological polar surface area (TPSA) is 86.9 Å². The molecule has 3 amide bonds. The number of anilines is 1. The average molecular weight is 418 g/mol. The van der Waals surface area contributed by atoms with Gasteiger partial charge in [0.05, 0.1) is 11.4 Å². The SMILES string of the molecule is NC(=O)CCN(C(=O)CN1CCN(C(=O)c2cccs2)CC1)c1ccc(F)cc1. The van der Waals surface area contributed by atoms with Gasteiger partial charge in [-0.15, -0.1) is 11.3 Å². The van der Waals surface area contributed by atoms with Crippen molar-refractivity contribution in [3.63, 3.8) is 0 Å². The van der Waals surface area contributed by atoms with Crippen LogP contribution in [0.2, 0.25) is 0 Å². The van der Waals surface area contributed by atoms with Crippen LogP contribution in [0, 0.1) is 5.82 Å². The van der Waals surface area contributed by atoms with Crippen LogP contribution in [0.3, 0.4) is 0 Å². The van der Waals surface area contributed by atoms with E-state index in [1.54, 1.807) is 4.90 Å². The van der Waals surface area contributed by atoms with Crippen molar-refractivity contribution in [2.45, 2.75) is 6.42 Å². The summed E-state index contributed by atoms with van der Waals surface area (Å²) >= 11 is 1.42. The molecule has 1 fully saturated rings. The Morgan fingerprint density at radius 1 is 1.07 bits per heavy atom. The van der Waals surface area contributed by atoms with Crippen LogP contribution >= 0.6 is 11.3 Å². The van der Waals surface area contributed by atoms with Crippen LogP contribution in [0.25, 0.3) is 0 Å². The lowest BCUT2D eigenvalue weighted by molar-refractivity contribution is -0.120. The van der Waals surface area contributed by atoms with Crippen LogP contribution in [0.1, 0.15) is 16.1 Å². The Balaban J connectivity index is 1.58. The van der Waals surface area contributed by atoms with Crippen LogP contribution in [0.4, 0.5) is 10.1 Å². The van der Waals surface area contributed by atoms with Crippen molar-refractivity contribution in [1.29, 1.82) is 0 Å². The molecular weight excluding hydrogens is 395 g/mol. The van der Waals surface area contributed by atoms with Gasteiger partial charge >= 0.3 is 0 Å². The molecule has 1 aliphatic rings. The molecule has 0 unspecified atom stereocenters. The van der Waals surface area contributed by atoms with Gasteiger partial charge in [0.25, 0.3) is 5.91 Å². The second-order valence-electron chi connectivity index (χ2n) is 6.78. The summed E-state index contributed by atoms with van der Waals surface area (Å²) in [5, 5.41) is 1.87. The van der Waals surface area contributed by atoms with Crippen molar-refractivity contribution >= 4 is 34.7 Å². The third-order valence-electron chi connectivity index (χ3n) is 4.77. The molecular formula is C20H23FN4O3S. The largest absolute Gasteiger partial charge is 0.370 e.